The van der Waals surface area contributed by atoms with Crippen molar-refractivity contribution in [1.29, 1.82) is 0 Å². The normalized spacial score (nSPS) is 16.2. The van der Waals surface area contributed by atoms with Gasteiger partial charge in [-0.3, -0.25) is 14.4 Å². The van der Waals surface area contributed by atoms with Crippen LogP contribution in [0.5, 0.6) is 5.75 Å². The van der Waals surface area contributed by atoms with Gasteiger partial charge in [0.1, 0.15) is 11.8 Å². The Hall–Kier alpha value is -2.77. The second kappa shape index (κ2) is 12.0. The molecule has 1 aliphatic heterocycles. The molecule has 2 N–H and O–H groups in total. The third-order valence-electron chi connectivity index (χ3n) is 4.74. The van der Waals surface area contributed by atoms with Gasteiger partial charge in [-0.2, -0.15) is 0 Å². The molecule has 1 heterocycles. The van der Waals surface area contributed by atoms with Crippen LogP contribution in [0.25, 0.3) is 0 Å². The highest BCUT2D eigenvalue weighted by molar-refractivity contribution is 5.93. The molecule has 0 saturated carbocycles. The van der Waals surface area contributed by atoms with Gasteiger partial charge in [0.25, 0.3) is 0 Å². The summed E-state index contributed by atoms with van der Waals surface area (Å²) < 4.78 is 10.8. The zero-order valence-electron chi connectivity index (χ0n) is 18.1. The van der Waals surface area contributed by atoms with Crippen LogP contribution >= 0.6 is 0 Å². The number of amides is 2. The molecular weight excluding hydrogens is 386 g/mol. The summed E-state index contributed by atoms with van der Waals surface area (Å²) in [5, 5.41) is 5.78. The number of anilines is 1. The Morgan fingerprint density at radius 2 is 1.97 bits per heavy atom. The molecule has 8 heteroatoms. The van der Waals surface area contributed by atoms with E-state index in [9.17, 15) is 14.4 Å². The summed E-state index contributed by atoms with van der Waals surface area (Å²) in [4.78, 5) is 38.3. The van der Waals surface area contributed by atoms with E-state index in [1.165, 1.54) is 4.90 Å². The van der Waals surface area contributed by atoms with Crippen LogP contribution in [-0.2, 0) is 19.1 Å². The minimum atomic E-state index is -0.839. The van der Waals surface area contributed by atoms with E-state index in [2.05, 4.69) is 24.5 Å². The van der Waals surface area contributed by atoms with Crippen molar-refractivity contribution in [2.24, 2.45) is 5.92 Å². The summed E-state index contributed by atoms with van der Waals surface area (Å²) in [6.07, 6.45) is 1.56. The lowest BCUT2D eigenvalue weighted by Crippen LogP contribution is -2.58. The number of carbonyl (C=O) groups is 3. The Balaban J connectivity index is 1.87. The Kier molecular flexibility index (Phi) is 9.44. The SMILES string of the molecule is CCCOC(=O)CC1C(=O)NCCN1C(=O)CNc1ccc(OCCC(C)C)cc1. The van der Waals surface area contributed by atoms with Crippen LogP contribution in [0, 0.1) is 5.92 Å². The minimum Gasteiger partial charge on any atom is -0.494 e. The van der Waals surface area contributed by atoms with Crippen molar-refractivity contribution in [3.63, 3.8) is 0 Å². The van der Waals surface area contributed by atoms with E-state index in [1.807, 2.05) is 31.2 Å². The fourth-order valence-electron chi connectivity index (χ4n) is 3.01. The zero-order chi connectivity index (χ0) is 21.9. The number of carbonyl (C=O) groups excluding carboxylic acids is 3. The maximum Gasteiger partial charge on any atom is 0.308 e. The molecule has 2 rings (SSSR count). The van der Waals surface area contributed by atoms with E-state index in [4.69, 9.17) is 9.47 Å². The summed E-state index contributed by atoms with van der Waals surface area (Å²) >= 11 is 0. The molecule has 166 valence electrons. The molecule has 1 fully saturated rings. The van der Waals surface area contributed by atoms with Crippen LogP contribution in [0.1, 0.15) is 40.0 Å². The molecule has 1 aromatic rings. The van der Waals surface area contributed by atoms with Gasteiger partial charge in [0, 0.05) is 18.8 Å². The topological polar surface area (TPSA) is 97.0 Å². The lowest BCUT2D eigenvalue weighted by molar-refractivity contribution is -0.151. The fraction of sp³-hybridized carbons (Fsp3) is 0.591. The van der Waals surface area contributed by atoms with E-state index in [1.54, 1.807) is 0 Å². The van der Waals surface area contributed by atoms with Gasteiger partial charge in [-0.15, -0.1) is 0 Å². The molecule has 2 amide bonds. The Morgan fingerprint density at radius 1 is 1.23 bits per heavy atom. The molecule has 0 bridgehead atoms. The monoisotopic (exact) mass is 419 g/mol. The largest absolute Gasteiger partial charge is 0.494 e. The molecule has 0 radical (unpaired) electrons. The Morgan fingerprint density at radius 3 is 2.63 bits per heavy atom. The second-order valence-electron chi connectivity index (χ2n) is 7.73. The van der Waals surface area contributed by atoms with Gasteiger partial charge in [-0.05, 0) is 43.0 Å². The molecule has 0 aromatic heterocycles. The number of ether oxygens (including phenoxy) is 2. The molecular formula is C22H33N3O5. The number of benzene rings is 1. The van der Waals surface area contributed by atoms with E-state index in [-0.39, 0.29) is 24.8 Å². The maximum absolute atomic E-state index is 12.7. The summed E-state index contributed by atoms with van der Waals surface area (Å²) in [7, 11) is 0. The van der Waals surface area contributed by atoms with Gasteiger partial charge < -0.3 is 25.0 Å². The number of esters is 1. The van der Waals surface area contributed by atoms with Crippen molar-refractivity contribution < 1.29 is 23.9 Å². The van der Waals surface area contributed by atoms with Crippen molar-refractivity contribution in [2.75, 3.05) is 38.2 Å². The number of rotatable bonds is 11. The molecule has 1 atom stereocenters. The third-order valence-corrected chi connectivity index (χ3v) is 4.74. The number of nitrogens with zero attached hydrogens (tertiary/aromatic N) is 1. The van der Waals surface area contributed by atoms with Crippen molar-refractivity contribution in [3.8, 4) is 5.75 Å². The highest BCUT2D eigenvalue weighted by Gasteiger charge is 2.34. The van der Waals surface area contributed by atoms with Crippen LogP contribution in [0.15, 0.2) is 24.3 Å². The predicted octanol–water partition coefficient (Wildman–Crippen LogP) is 2.19. The maximum atomic E-state index is 12.7. The molecule has 30 heavy (non-hydrogen) atoms. The average molecular weight is 420 g/mol. The highest BCUT2D eigenvalue weighted by atomic mass is 16.5. The van der Waals surface area contributed by atoms with Gasteiger partial charge in [0.05, 0.1) is 26.2 Å². The Labute approximate surface area is 178 Å². The molecule has 0 spiro atoms. The van der Waals surface area contributed by atoms with Crippen molar-refractivity contribution >= 4 is 23.5 Å². The molecule has 1 unspecified atom stereocenters. The molecule has 1 saturated heterocycles. The van der Waals surface area contributed by atoms with Crippen molar-refractivity contribution in [3.05, 3.63) is 24.3 Å². The van der Waals surface area contributed by atoms with Gasteiger partial charge in [0.2, 0.25) is 11.8 Å². The summed E-state index contributed by atoms with van der Waals surface area (Å²) in [6.45, 7) is 7.93. The first kappa shape index (κ1) is 23.5. The average Bonchev–Trinajstić information content (AvgIpc) is 2.72. The van der Waals surface area contributed by atoms with Crippen molar-refractivity contribution in [2.45, 2.75) is 46.1 Å². The summed E-state index contributed by atoms with van der Waals surface area (Å²) in [6, 6.07) is 6.57. The van der Waals surface area contributed by atoms with Gasteiger partial charge in [-0.1, -0.05) is 20.8 Å². The molecule has 0 aliphatic carbocycles. The first-order valence-electron chi connectivity index (χ1n) is 10.6. The van der Waals surface area contributed by atoms with Gasteiger partial charge in [-0.25, -0.2) is 0 Å². The lowest BCUT2D eigenvalue weighted by atomic mass is 10.1. The second-order valence-corrected chi connectivity index (χ2v) is 7.73. The number of hydrogen-bond acceptors (Lipinski definition) is 6. The van der Waals surface area contributed by atoms with E-state index >= 15 is 0 Å². The standard InChI is InChI=1S/C22H33N3O5/c1-4-12-30-21(27)14-19-22(28)23-10-11-25(19)20(26)15-24-17-5-7-18(8-6-17)29-13-9-16(2)3/h5-8,16,19,24H,4,9-15H2,1-3H3,(H,23,28). The van der Waals surface area contributed by atoms with E-state index < -0.39 is 12.0 Å². The summed E-state index contributed by atoms with van der Waals surface area (Å²) in [5.41, 5.74) is 0.778. The lowest BCUT2D eigenvalue weighted by Gasteiger charge is -2.34. The first-order chi connectivity index (χ1) is 14.4. The van der Waals surface area contributed by atoms with Crippen LogP contribution < -0.4 is 15.4 Å². The van der Waals surface area contributed by atoms with E-state index in [0.717, 1.165) is 17.9 Å². The quantitative estimate of drug-likeness (QED) is 0.534. The van der Waals surface area contributed by atoms with Gasteiger partial charge in [0.15, 0.2) is 0 Å². The minimum absolute atomic E-state index is 0.0291. The van der Waals surface area contributed by atoms with Crippen LogP contribution in [0.2, 0.25) is 0 Å². The number of nitrogens with one attached hydrogen (secondary N) is 2. The molecule has 1 aromatic carbocycles. The van der Waals surface area contributed by atoms with Crippen LogP contribution in [-0.4, -0.2) is 61.6 Å². The number of hydrogen-bond donors (Lipinski definition) is 2. The smallest absolute Gasteiger partial charge is 0.308 e. The molecule has 1 aliphatic rings. The Bertz CT molecular complexity index is 705. The van der Waals surface area contributed by atoms with Crippen LogP contribution in [0.4, 0.5) is 5.69 Å². The summed E-state index contributed by atoms with van der Waals surface area (Å²) in [5.74, 6) is 0.330. The fourth-order valence-corrected chi connectivity index (χ4v) is 3.01. The van der Waals surface area contributed by atoms with Crippen molar-refractivity contribution in [1.82, 2.24) is 10.2 Å². The highest BCUT2D eigenvalue weighted by Crippen LogP contribution is 2.17. The number of piperazine rings is 1. The predicted molar refractivity (Wildman–Crippen MR) is 114 cm³/mol. The van der Waals surface area contributed by atoms with Gasteiger partial charge >= 0.3 is 5.97 Å². The third kappa shape index (κ3) is 7.57. The zero-order valence-corrected chi connectivity index (χ0v) is 18.1. The first-order valence-corrected chi connectivity index (χ1v) is 10.6. The van der Waals surface area contributed by atoms with Crippen LogP contribution in [0.3, 0.4) is 0 Å². The van der Waals surface area contributed by atoms with E-state index in [0.29, 0.717) is 38.6 Å². The molecule has 8 nitrogen and oxygen atoms in total.